The predicted octanol–water partition coefficient (Wildman–Crippen LogP) is 3.24. The molecular weight excluding hydrogens is 444 g/mol. The number of halogens is 3. The number of aromatic nitrogens is 3. The third kappa shape index (κ3) is 4.55. The lowest BCUT2D eigenvalue weighted by atomic mass is 10.1. The maximum absolute atomic E-state index is 14.1. The Bertz CT molecular complexity index is 1150. The number of carbonyl (C=O) groups excluding carboxylic acids is 2. The second-order valence-electron chi connectivity index (χ2n) is 7.08. The summed E-state index contributed by atoms with van der Waals surface area (Å²) in [6.45, 7) is 1.58. The molecule has 0 saturated heterocycles. The number of nitrogens with zero attached hydrogens (tertiary/aromatic N) is 4. The van der Waals surface area contributed by atoms with E-state index in [0.717, 1.165) is 16.8 Å². The minimum Gasteiger partial charge on any atom is -0.348 e. The number of pyridine rings is 1. The van der Waals surface area contributed by atoms with Gasteiger partial charge in [-0.1, -0.05) is 29.3 Å². The van der Waals surface area contributed by atoms with Crippen LogP contribution in [0.1, 0.15) is 27.2 Å². The van der Waals surface area contributed by atoms with E-state index in [0.29, 0.717) is 24.7 Å². The van der Waals surface area contributed by atoms with Crippen molar-refractivity contribution in [2.24, 2.45) is 0 Å². The van der Waals surface area contributed by atoms with E-state index >= 15 is 0 Å². The number of hydrogen-bond donors (Lipinski definition) is 1. The molecule has 3 heterocycles. The maximum Gasteiger partial charge on any atom is 0.254 e. The van der Waals surface area contributed by atoms with E-state index in [4.69, 9.17) is 23.2 Å². The molecule has 0 atom stereocenters. The number of carbonyl (C=O) groups is 2. The average molecular weight is 462 g/mol. The predicted molar refractivity (Wildman–Crippen MR) is 113 cm³/mol. The number of hydrogen-bond acceptors (Lipinski definition) is 4. The van der Waals surface area contributed by atoms with Gasteiger partial charge in [0.25, 0.3) is 5.91 Å². The van der Waals surface area contributed by atoms with Crippen LogP contribution in [0, 0.1) is 5.82 Å². The zero-order chi connectivity index (χ0) is 22.0. The normalized spacial score (nSPS) is 13.1. The Hall–Kier alpha value is -2.97. The molecule has 0 bridgehead atoms. The molecule has 0 saturated carbocycles. The topological polar surface area (TPSA) is 80.1 Å². The van der Waals surface area contributed by atoms with Crippen molar-refractivity contribution in [2.45, 2.75) is 26.1 Å². The number of fused-ring (bicyclic) bond motifs is 1. The Morgan fingerprint density at radius 3 is 2.74 bits per heavy atom. The number of nitrogens with one attached hydrogen (secondary N) is 1. The molecule has 31 heavy (non-hydrogen) atoms. The Kier molecular flexibility index (Phi) is 6.20. The van der Waals surface area contributed by atoms with Crippen LogP contribution in [0.3, 0.4) is 0 Å². The lowest BCUT2D eigenvalue weighted by Crippen LogP contribution is -2.39. The third-order valence-corrected chi connectivity index (χ3v) is 5.78. The van der Waals surface area contributed by atoms with Crippen LogP contribution in [0.5, 0.6) is 0 Å². The van der Waals surface area contributed by atoms with Gasteiger partial charge in [0.05, 0.1) is 47.0 Å². The molecule has 1 N–H and O–H groups in total. The second kappa shape index (κ2) is 9.03. The Balaban J connectivity index is 1.43. The molecule has 1 aromatic carbocycles. The van der Waals surface area contributed by atoms with E-state index in [1.54, 1.807) is 23.4 Å². The van der Waals surface area contributed by atoms with Gasteiger partial charge in [0.2, 0.25) is 5.91 Å². The highest BCUT2D eigenvalue weighted by molar-refractivity contribution is 6.31. The first-order valence-electron chi connectivity index (χ1n) is 9.56. The van der Waals surface area contributed by atoms with Crippen molar-refractivity contribution in [3.8, 4) is 0 Å². The summed E-state index contributed by atoms with van der Waals surface area (Å²) in [5, 5.41) is 7.37. The van der Waals surface area contributed by atoms with E-state index in [1.165, 1.54) is 24.4 Å². The van der Waals surface area contributed by atoms with Gasteiger partial charge in [0.1, 0.15) is 0 Å². The van der Waals surface area contributed by atoms with Crippen LogP contribution in [0.2, 0.25) is 10.0 Å². The summed E-state index contributed by atoms with van der Waals surface area (Å²) in [7, 11) is 0. The van der Waals surface area contributed by atoms with Gasteiger partial charge in [-0.05, 0) is 23.8 Å². The number of benzene rings is 1. The summed E-state index contributed by atoms with van der Waals surface area (Å²) in [4.78, 5) is 30.8. The first kappa shape index (κ1) is 21.3. The van der Waals surface area contributed by atoms with Gasteiger partial charge in [-0.3, -0.25) is 19.3 Å². The average Bonchev–Trinajstić information content (AvgIpc) is 3.17. The van der Waals surface area contributed by atoms with Crippen molar-refractivity contribution in [1.29, 1.82) is 0 Å². The van der Waals surface area contributed by atoms with Gasteiger partial charge in [-0.2, -0.15) is 5.10 Å². The van der Waals surface area contributed by atoms with Gasteiger partial charge in [-0.25, -0.2) is 4.39 Å². The van der Waals surface area contributed by atoms with Crippen molar-refractivity contribution >= 4 is 35.0 Å². The highest BCUT2D eigenvalue weighted by atomic mass is 35.5. The zero-order valence-electron chi connectivity index (χ0n) is 16.3. The summed E-state index contributed by atoms with van der Waals surface area (Å²) in [6.07, 6.45) is 4.94. The largest absolute Gasteiger partial charge is 0.348 e. The summed E-state index contributed by atoms with van der Waals surface area (Å²) >= 11 is 11.9. The van der Waals surface area contributed by atoms with E-state index in [2.05, 4.69) is 15.4 Å². The zero-order valence-corrected chi connectivity index (χ0v) is 17.8. The van der Waals surface area contributed by atoms with Gasteiger partial charge < -0.3 is 10.2 Å². The Morgan fingerprint density at radius 2 is 1.94 bits per heavy atom. The third-order valence-electron chi connectivity index (χ3n) is 5.14. The van der Waals surface area contributed by atoms with Gasteiger partial charge in [-0.15, -0.1) is 0 Å². The molecule has 1 aliphatic heterocycles. The summed E-state index contributed by atoms with van der Waals surface area (Å²) in [5.41, 5.74) is 2.18. The second-order valence-corrected chi connectivity index (χ2v) is 7.90. The fourth-order valence-corrected chi connectivity index (χ4v) is 3.79. The summed E-state index contributed by atoms with van der Waals surface area (Å²) < 4.78 is 15.9. The van der Waals surface area contributed by atoms with Crippen molar-refractivity contribution in [3.05, 3.63) is 81.1 Å². The summed E-state index contributed by atoms with van der Waals surface area (Å²) in [5.74, 6) is -1.39. The van der Waals surface area contributed by atoms with Crippen molar-refractivity contribution in [1.82, 2.24) is 25.0 Å². The molecule has 4 rings (SSSR count). The van der Waals surface area contributed by atoms with Crippen LogP contribution < -0.4 is 5.32 Å². The quantitative estimate of drug-likeness (QED) is 0.632. The molecule has 7 nitrogen and oxygen atoms in total. The van der Waals surface area contributed by atoms with Crippen LogP contribution in [-0.4, -0.2) is 38.0 Å². The molecule has 2 aromatic heterocycles. The number of amides is 2. The van der Waals surface area contributed by atoms with Crippen LogP contribution in [0.15, 0.2) is 42.9 Å². The van der Waals surface area contributed by atoms with Crippen LogP contribution in [0.4, 0.5) is 4.39 Å². The van der Waals surface area contributed by atoms with E-state index < -0.39 is 11.7 Å². The fraction of sp³-hybridized carbons (Fsp3) is 0.238. The monoisotopic (exact) mass is 461 g/mol. The molecule has 0 fully saturated rings. The smallest absolute Gasteiger partial charge is 0.254 e. The molecule has 1 aliphatic rings. The maximum atomic E-state index is 14.1. The molecule has 2 amide bonds. The van der Waals surface area contributed by atoms with Gasteiger partial charge in [0.15, 0.2) is 5.82 Å². The molecule has 0 aliphatic carbocycles. The van der Waals surface area contributed by atoms with Crippen LogP contribution in [-0.2, 0) is 30.8 Å². The molecular formula is C21H18Cl2FN5O2. The fourth-order valence-electron chi connectivity index (χ4n) is 3.43. The molecule has 0 spiro atoms. The lowest BCUT2D eigenvalue weighted by molar-refractivity contribution is -0.132. The van der Waals surface area contributed by atoms with Crippen molar-refractivity contribution in [3.63, 3.8) is 0 Å². The Labute approximate surface area is 187 Å². The molecule has 10 heteroatoms. The molecule has 0 radical (unpaired) electrons. The molecule has 160 valence electrons. The highest BCUT2D eigenvalue weighted by Gasteiger charge is 2.25. The van der Waals surface area contributed by atoms with Crippen LogP contribution in [0.25, 0.3) is 0 Å². The summed E-state index contributed by atoms with van der Waals surface area (Å²) in [6, 6.07) is 5.99. The van der Waals surface area contributed by atoms with Crippen LogP contribution >= 0.6 is 23.2 Å². The standard InChI is InChI=1S/C21H18Cl2FN5O2/c22-16-3-1-2-15(20(16)24)21(31)26-9-14-10-27-29-7-6-28(12-18(14)29)19(30)8-13-4-5-25-11-17(13)23/h1-5,10-11H,6-9,12H2,(H,26,31). The highest BCUT2D eigenvalue weighted by Crippen LogP contribution is 2.21. The Morgan fingerprint density at radius 1 is 1.10 bits per heavy atom. The molecule has 0 unspecified atom stereocenters. The van der Waals surface area contributed by atoms with Crippen molar-refractivity contribution in [2.75, 3.05) is 6.54 Å². The van der Waals surface area contributed by atoms with Gasteiger partial charge >= 0.3 is 0 Å². The van der Waals surface area contributed by atoms with Gasteiger partial charge in [0, 0.05) is 31.0 Å². The number of rotatable bonds is 5. The lowest BCUT2D eigenvalue weighted by Gasteiger charge is -2.28. The van der Waals surface area contributed by atoms with E-state index in [1.807, 2.05) is 4.68 Å². The molecule has 3 aromatic rings. The first-order chi connectivity index (χ1) is 14.9. The minimum atomic E-state index is -0.759. The first-order valence-corrected chi connectivity index (χ1v) is 10.3. The minimum absolute atomic E-state index is 0.0588. The SMILES string of the molecule is O=C(NCc1cnn2c1CN(C(=O)Cc1ccncc1Cl)CC2)c1cccc(Cl)c1F. The van der Waals surface area contributed by atoms with E-state index in [-0.39, 0.29) is 29.5 Å². The van der Waals surface area contributed by atoms with E-state index in [9.17, 15) is 14.0 Å². The van der Waals surface area contributed by atoms with Crippen molar-refractivity contribution < 1.29 is 14.0 Å².